The van der Waals surface area contributed by atoms with E-state index in [2.05, 4.69) is 44.5 Å². The first-order chi connectivity index (χ1) is 14.7. The number of anilines is 2. The maximum atomic E-state index is 14.7. The number of nitrogens with zero attached hydrogens (tertiary/aromatic N) is 3. The van der Waals surface area contributed by atoms with Crippen molar-refractivity contribution in [3.05, 3.63) is 89.3 Å². The highest BCUT2D eigenvalue weighted by Crippen LogP contribution is 2.35. The SMILES string of the molecule is Cc1c[nH]c(-c2ccc(Nc3ncc4c(n3)C(c3ccccc3)CCC4)cc2F)n1. The van der Waals surface area contributed by atoms with Crippen LogP contribution >= 0.6 is 0 Å². The highest BCUT2D eigenvalue weighted by Gasteiger charge is 2.24. The van der Waals surface area contributed by atoms with Crippen LogP contribution in [-0.4, -0.2) is 19.9 Å². The Bertz CT molecular complexity index is 1190. The fraction of sp³-hybridized carbons (Fsp3) is 0.208. The average molecular weight is 399 g/mol. The zero-order valence-corrected chi connectivity index (χ0v) is 16.7. The lowest BCUT2D eigenvalue weighted by Gasteiger charge is -2.25. The molecule has 1 unspecified atom stereocenters. The molecule has 5 nitrogen and oxygen atoms in total. The fourth-order valence-electron chi connectivity index (χ4n) is 4.08. The van der Waals surface area contributed by atoms with Gasteiger partial charge in [-0.05, 0) is 55.5 Å². The predicted octanol–water partition coefficient (Wildman–Crippen LogP) is 5.53. The Morgan fingerprint density at radius 2 is 1.97 bits per heavy atom. The van der Waals surface area contributed by atoms with E-state index in [1.165, 1.54) is 17.2 Å². The number of aromatic nitrogens is 4. The molecule has 0 saturated carbocycles. The minimum absolute atomic E-state index is 0.264. The summed E-state index contributed by atoms with van der Waals surface area (Å²) in [6.07, 6.45) is 6.84. The number of hydrogen-bond donors (Lipinski definition) is 2. The monoisotopic (exact) mass is 399 g/mol. The number of H-pyrrole nitrogens is 1. The molecule has 0 amide bonds. The molecule has 1 aliphatic rings. The number of benzene rings is 2. The lowest BCUT2D eigenvalue weighted by molar-refractivity contribution is 0.596. The molecular formula is C24H22FN5. The maximum absolute atomic E-state index is 14.7. The number of halogens is 1. The van der Waals surface area contributed by atoms with Crippen molar-refractivity contribution in [1.82, 2.24) is 19.9 Å². The first kappa shape index (κ1) is 18.5. The van der Waals surface area contributed by atoms with Gasteiger partial charge in [0, 0.05) is 24.0 Å². The zero-order chi connectivity index (χ0) is 20.5. The van der Waals surface area contributed by atoms with Crippen LogP contribution in [0.1, 0.15) is 41.3 Å². The summed E-state index contributed by atoms with van der Waals surface area (Å²) in [5.41, 5.74) is 5.38. The molecule has 5 rings (SSSR count). The second-order valence-corrected chi connectivity index (χ2v) is 7.67. The van der Waals surface area contributed by atoms with Crippen molar-refractivity contribution in [2.24, 2.45) is 0 Å². The van der Waals surface area contributed by atoms with Gasteiger partial charge in [-0.2, -0.15) is 0 Å². The van der Waals surface area contributed by atoms with Crippen molar-refractivity contribution in [2.75, 3.05) is 5.32 Å². The van der Waals surface area contributed by atoms with Crippen molar-refractivity contribution >= 4 is 11.6 Å². The third-order valence-corrected chi connectivity index (χ3v) is 5.56. The Morgan fingerprint density at radius 3 is 2.73 bits per heavy atom. The van der Waals surface area contributed by atoms with Crippen molar-refractivity contribution in [1.29, 1.82) is 0 Å². The van der Waals surface area contributed by atoms with Crippen LogP contribution in [0.4, 0.5) is 16.0 Å². The molecule has 0 saturated heterocycles. The lowest BCUT2D eigenvalue weighted by Crippen LogP contribution is -2.15. The normalized spacial score (nSPS) is 15.6. The van der Waals surface area contributed by atoms with E-state index >= 15 is 0 Å². The number of nitrogens with one attached hydrogen (secondary N) is 2. The molecule has 2 N–H and O–H groups in total. The highest BCUT2D eigenvalue weighted by molar-refractivity contribution is 5.63. The quantitative estimate of drug-likeness (QED) is 0.474. The van der Waals surface area contributed by atoms with Crippen LogP contribution in [0.3, 0.4) is 0 Å². The summed E-state index contributed by atoms with van der Waals surface area (Å²) >= 11 is 0. The summed E-state index contributed by atoms with van der Waals surface area (Å²) in [6, 6.07) is 15.4. The van der Waals surface area contributed by atoms with Crippen molar-refractivity contribution in [2.45, 2.75) is 32.1 Å². The number of imidazole rings is 1. The molecule has 0 aliphatic heterocycles. The molecule has 0 fully saturated rings. The van der Waals surface area contributed by atoms with E-state index in [1.54, 1.807) is 12.3 Å². The molecule has 1 atom stereocenters. The van der Waals surface area contributed by atoms with Gasteiger partial charge in [0.15, 0.2) is 0 Å². The second kappa shape index (κ2) is 7.71. The summed E-state index contributed by atoms with van der Waals surface area (Å²) in [4.78, 5) is 16.6. The smallest absolute Gasteiger partial charge is 0.227 e. The first-order valence-corrected chi connectivity index (χ1v) is 10.2. The van der Waals surface area contributed by atoms with Crippen LogP contribution in [0.2, 0.25) is 0 Å². The summed E-state index contributed by atoms with van der Waals surface area (Å²) in [5.74, 6) is 0.916. The molecule has 2 aromatic heterocycles. The zero-order valence-electron chi connectivity index (χ0n) is 16.7. The number of hydrogen-bond acceptors (Lipinski definition) is 4. The molecule has 0 spiro atoms. The van der Waals surface area contributed by atoms with Gasteiger partial charge in [-0.25, -0.2) is 19.3 Å². The summed E-state index contributed by atoms with van der Waals surface area (Å²) in [7, 11) is 0. The van der Waals surface area contributed by atoms with E-state index in [4.69, 9.17) is 4.98 Å². The summed E-state index contributed by atoms with van der Waals surface area (Å²) in [6.45, 7) is 1.87. The fourth-order valence-corrected chi connectivity index (χ4v) is 4.08. The van der Waals surface area contributed by atoms with Gasteiger partial charge in [-0.1, -0.05) is 30.3 Å². The van der Waals surface area contributed by atoms with Gasteiger partial charge in [-0.15, -0.1) is 0 Å². The molecule has 0 bridgehead atoms. The standard InChI is InChI=1S/C24H22FN5/c1-15-13-26-23(28-15)20-11-10-18(12-21(20)25)29-24-27-14-17-8-5-9-19(22(17)30-24)16-6-3-2-4-7-16/h2-4,6-7,10-14,19H,5,8-9H2,1H3,(H,26,28)(H,27,29,30). The molecule has 6 heteroatoms. The van der Waals surface area contributed by atoms with Crippen LogP contribution in [-0.2, 0) is 6.42 Å². The maximum Gasteiger partial charge on any atom is 0.227 e. The van der Waals surface area contributed by atoms with Crippen molar-refractivity contribution in [3.63, 3.8) is 0 Å². The molecular weight excluding hydrogens is 377 g/mol. The van der Waals surface area contributed by atoms with Crippen LogP contribution in [0.15, 0.2) is 60.9 Å². The van der Waals surface area contributed by atoms with Crippen LogP contribution in [0.25, 0.3) is 11.4 Å². The van der Waals surface area contributed by atoms with Gasteiger partial charge in [0.2, 0.25) is 5.95 Å². The average Bonchev–Trinajstić information content (AvgIpc) is 3.20. The topological polar surface area (TPSA) is 66.5 Å². The minimum atomic E-state index is -0.352. The molecule has 2 heterocycles. The van der Waals surface area contributed by atoms with Crippen LogP contribution < -0.4 is 5.32 Å². The van der Waals surface area contributed by atoms with Gasteiger partial charge >= 0.3 is 0 Å². The lowest BCUT2D eigenvalue weighted by atomic mass is 9.83. The van der Waals surface area contributed by atoms with Gasteiger partial charge in [0.05, 0.1) is 17.0 Å². The summed E-state index contributed by atoms with van der Waals surface area (Å²) in [5, 5.41) is 3.16. The Balaban J connectivity index is 1.43. The van der Waals surface area contributed by atoms with Gasteiger partial charge < -0.3 is 10.3 Å². The Hall–Kier alpha value is -3.54. The number of rotatable bonds is 4. The van der Waals surface area contributed by atoms with Crippen molar-refractivity contribution in [3.8, 4) is 11.4 Å². The Morgan fingerprint density at radius 1 is 1.10 bits per heavy atom. The highest BCUT2D eigenvalue weighted by atomic mass is 19.1. The predicted molar refractivity (Wildman–Crippen MR) is 115 cm³/mol. The first-order valence-electron chi connectivity index (χ1n) is 10.2. The van der Waals surface area contributed by atoms with E-state index in [0.717, 1.165) is 30.7 Å². The van der Waals surface area contributed by atoms with E-state index in [-0.39, 0.29) is 11.7 Å². The molecule has 150 valence electrons. The third kappa shape index (κ3) is 3.56. The Labute approximate surface area is 174 Å². The number of fused-ring (bicyclic) bond motifs is 1. The molecule has 4 aromatic rings. The van der Waals surface area contributed by atoms with Crippen LogP contribution in [0.5, 0.6) is 0 Å². The van der Waals surface area contributed by atoms with E-state index in [0.29, 0.717) is 23.0 Å². The van der Waals surface area contributed by atoms with E-state index in [9.17, 15) is 4.39 Å². The van der Waals surface area contributed by atoms with Crippen LogP contribution in [0, 0.1) is 12.7 Å². The van der Waals surface area contributed by atoms with E-state index < -0.39 is 0 Å². The molecule has 2 aromatic carbocycles. The minimum Gasteiger partial charge on any atom is -0.344 e. The van der Waals surface area contributed by atoms with Gasteiger partial charge in [0.1, 0.15) is 11.6 Å². The largest absolute Gasteiger partial charge is 0.344 e. The Kier molecular flexibility index (Phi) is 4.75. The van der Waals surface area contributed by atoms with E-state index in [1.807, 2.05) is 25.3 Å². The van der Waals surface area contributed by atoms with Crippen molar-refractivity contribution < 1.29 is 4.39 Å². The van der Waals surface area contributed by atoms with Gasteiger partial charge in [-0.3, -0.25) is 0 Å². The number of aryl methyl sites for hydroxylation is 2. The third-order valence-electron chi connectivity index (χ3n) is 5.56. The molecule has 30 heavy (non-hydrogen) atoms. The summed E-state index contributed by atoms with van der Waals surface area (Å²) < 4.78 is 14.7. The van der Waals surface area contributed by atoms with Gasteiger partial charge in [0.25, 0.3) is 0 Å². The second-order valence-electron chi connectivity index (χ2n) is 7.67. The molecule has 1 aliphatic carbocycles. The molecule has 0 radical (unpaired) electrons. The number of aromatic amines is 1.